The Morgan fingerprint density at radius 2 is 1.87 bits per heavy atom. The van der Waals surface area contributed by atoms with Crippen molar-refractivity contribution in [1.29, 1.82) is 0 Å². The maximum atomic E-state index is 11.6. The summed E-state index contributed by atoms with van der Waals surface area (Å²) in [5, 5.41) is 9.43. The number of carbonyl (C=O) groups is 2. The molecule has 0 aromatic heterocycles. The molecule has 1 aromatic rings. The number of hydrogen-bond acceptors (Lipinski definition) is 4. The molecule has 1 aliphatic carbocycles. The van der Waals surface area contributed by atoms with Crippen molar-refractivity contribution in [1.82, 2.24) is 0 Å². The number of aryl methyl sites for hydroxylation is 1. The van der Waals surface area contributed by atoms with Crippen molar-refractivity contribution in [3.8, 4) is 5.75 Å². The van der Waals surface area contributed by atoms with E-state index in [1.165, 1.54) is 12.1 Å². The van der Waals surface area contributed by atoms with E-state index in [0.717, 1.165) is 6.08 Å². The lowest BCUT2D eigenvalue weighted by atomic mass is 9.91. The number of fused-ring (bicyclic) bond motifs is 1. The first-order valence-electron chi connectivity index (χ1n) is 4.40. The van der Waals surface area contributed by atoms with Gasteiger partial charge in [0.15, 0.2) is 5.78 Å². The molecule has 2 rings (SSSR count). The molecule has 76 valence electrons. The summed E-state index contributed by atoms with van der Waals surface area (Å²) in [6.07, 6.45) is 1.08. The van der Waals surface area contributed by atoms with Crippen molar-refractivity contribution in [2.45, 2.75) is 6.92 Å². The number of hydrogen-bond donors (Lipinski definition) is 2. The number of carbonyl (C=O) groups excluding carboxylic acids is 2. The lowest BCUT2D eigenvalue weighted by Gasteiger charge is -2.13. The maximum absolute atomic E-state index is 11.6. The van der Waals surface area contributed by atoms with Crippen LogP contribution in [0.3, 0.4) is 0 Å². The molecular weight excluding hydrogens is 194 g/mol. The highest BCUT2D eigenvalue weighted by molar-refractivity contribution is 6.24. The van der Waals surface area contributed by atoms with Crippen LogP contribution in [0.25, 0.3) is 0 Å². The van der Waals surface area contributed by atoms with Gasteiger partial charge in [0.05, 0.1) is 5.70 Å². The first-order chi connectivity index (χ1) is 7.00. The Morgan fingerprint density at radius 1 is 1.20 bits per heavy atom. The number of ketones is 2. The van der Waals surface area contributed by atoms with Crippen LogP contribution in [0, 0.1) is 6.92 Å². The van der Waals surface area contributed by atoms with Gasteiger partial charge in [-0.05, 0) is 24.6 Å². The topological polar surface area (TPSA) is 80.4 Å². The Bertz CT molecular complexity index is 515. The van der Waals surface area contributed by atoms with Crippen LogP contribution in [-0.2, 0) is 0 Å². The van der Waals surface area contributed by atoms with Crippen molar-refractivity contribution in [2.75, 3.05) is 0 Å². The highest BCUT2D eigenvalue weighted by atomic mass is 16.3. The highest BCUT2D eigenvalue weighted by Gasteiger charge is 2.24. The van der Waals surface area contributed by atoms with Crippen LogP contribution in [0.5, 0.6) is 5.75 Å². The smallest absolute Gasteiger partial charge is 0.209 e. The molecule has 0 fully saturated rings. The maximum Gasteiger partial charge on any atom is 0.209 e. The fourth-order valence-electron chi connectivity index (χ4n) is 1.53. The first-order valence-corrected chi connectivity index (χ1v) is 4.40. The molecule has 4 nitrogen and oxygen atoms in total. The Kier molecular flexibility index (Phi) is 1.86. The molecule has 4 heteroatoms. The first kappa shape index (κ1) is 9.45. The van der Waals surface area contributed by atoms with Gasteiger partial charge in [-0.2, -0.15) is 0 Å². The van der Waals surface area contributed by atoms with Gasteiger partial charge < -0.3 is 10.8 Å². The molecule has 15 heavy (non-hydrogen) atoms. The van der Waals surface area contributed by atoms with Gasteiger partial charge in [0.25, 0.3) is 0 Å². The van der Waals surface area contributed by atoms with E-state index in [1.54, 1.807) is 6.92 Å². The third-order valence-corrected chi connectivity index (χ3v) is 2.39. The molecule has 3 N–H and O–H groups in total. The van der Waals surface area contributed by atoms with Crippen molar-refractivity contribution in [3.63, 3.8) is 0 Å². The van der Waals surface area contributed by atoms with Gasteiger partial charge in [-0.25, -0.2) is 0 Å². The van der Waals surface area contributed by atoms with E-state index in [1.807, 2.05) is 0 Å². The van der Waals surface area contributed by atoms with Crippen LogP contribution in [0.15, 0.2) is 23.9 Å². The third-order valence-electron chi connectivity index (χ3n) is 2.39. The molecule has 0 heterocycles. The molecule has 0 aliphatic heterocycles. The Balaban J connectivity index is 2.73. The fraction of sp³-hybridized carbons (Fsp3) is 0.0909. The summed E-state index contributed by atoms with van der Waals surface area (Å²) in [7, 11) is 0. The summed E-state index contributed by atoms with van der Waals surface area (Å²) in [5.74, 6) is -0.714. The van der Waals surface area contributed by atoms with Gasteiger partial charge in [-0.3, -0.25) is 9.59 Å². The second-order valence-electron chi connectivity index (χ2n) is 3.48. The molecule has 0 bridgehead atoms. The third kappa shape index (κ3) is 1.30. The molecule has 0 amide bonds. The van der Waals surface area contributed by atoms with Gasteiger partial charge in [0.2, 0.25) is 5.78 Å². The zero-order valence-electron chi connectivity index (χ0n) is 8.07. The molecule has 0 atom stereocenters. The second-order valence-corrected chi connectivity index (χ2v) is 3.48. The van der Waals surface area contributed by atoms with E-state index < -0.39 is 0 Å². The number of Topliss-reactive ketones (excluding diaryl/α,β-unsaturated/α-hetero) is 1. The number of rotatable bonds is 0. The zero-order chi connectivity index (χ0) is 11.2. The van der Waals surface area contributed by atoms with Crippen molar-refractivity contribution in [2.24, 2.45) is 5.73 Å². The van der Waals surface area contributed by atoms with E-state index in [4.69, 9.17) is 5.73 Å². The SMILES string of the molecule is Cc1cc2c(cc1O)C(=O)C=C(N)C2=O. The van der Waals surface area contributed by atoms with Gasteiger partial charge >= 0.3 is 0 Å². The molecule has 0 unspecified atom stereocenters. The summed E-state index contributed by atoms with van der Waals surface area (Å²) in [6, 6.07) is 2.78. The number of nitrogens with two attached hydrogens (primary N) is 1. The minimum Gasteiger partial charge on any atom is -0.508 e. The minimum atomic E-state index is -0.368. The monoisotopic (exact) mass is 203 g/mol. The quantitative estimate of drug-likeness (QED) is 0.657. The molecule has 0 spiro atoms. The van der Waals surface area contributed by atoms with E-state index >= 15 is 0 Å². The van der Waals surface area contributed by atoms with Crippen molar-refractivity contribution in [3.05, 3.63) is 40.6 Å². The van der Waals surface area contributed by atoms with Gasteiger partial charge in [0, 0.05) is 17.2 Å². The molecule has 1 aromatic carbocycles. The Labute approximate surface area is 86.0 Å². The van der Waals surface area contributed by atoms with E-state index in [-0.39, 0.29) is 34.1 Å². The normalized spacial score (nSPS) is 14.9. The van der Waals surface area contributed by atoms with Crippen LogP contribution in [-0.4, -0.2) is 16.7 Å². The van der Waals surface area contributed by atoms with Gasteiger partial charge in [0.1, 0.15) is 5.75 Å². The van der Waals surface area contributed by atoms with Crippen LogP contribution in [0.1, 0.15) is 26.3 Å². The number of aromatic hydroxyl groups is 1. The van der Waals surface area contributed by atoms with Crippen molar-refractivity contribution >= 4 is 11.6 Å². The van der Waals surface area contributed by atoms with Crippen LogP contribution < -0.4 is 5.73 Å². The largest absolute Gasteiger partial charge is 0.508 e. The average Bonchev–Trinajstić information content (AvgIpc) is 2.18. The standard InChI is InChI=1S/C11H9NO3/c1-5-2-7-6(3-9(5)13)10(14)4-8(12)11(7)15/h2-4,13H,12H2,1H3. The van der Waals surface area contributed by atoms with E-state index in [2.05, 4.69) is 0 Å². The second kappa shape index (κ2) is 2.95. The summed E-state index contributed by atoms with van der Waals surface area (Å²) in [5.41, 5.74) is 6.35. The average molecular weight is 203 g/mol. The number of benzene rings is 1. The van der Waals surface area contributed by atoms with Gasteiger partial charge in [-0.1, -0.05) is 0 Å². The Morgan fingerprint density at radius 3 is 2.53 bits per heavy atom. The zero-order valence-corrected chi connectivity index (χ0v) is 8.07. The lowest BCUT2D eigenvalue weighted by Crippen LogP contribution is -2.21. The molecule has 0 saturated heterocycles. The van der Waals surface area contributed by atoms with Crippen LogP contribution >= 0.6 is 0 Å². The number of phenols is 1. The predicted molar refractivity (Wildman–Crippen MR) is 53.8 cm³/mol. The molecular formula is C11H9NO3. The Hall–Kier alpha value is -2.10. The molecule has 1 aliphatic rings. The highest BCUT2D eigenvalue weighted by Crippen LogP contribution is 2.26. The van der Waals surface area contributed by atoms with Crippen LogP contribution in [0.2, 0.25) is 0 Å². The molecule has 0 radical (unpaired) electrons. The number of phenolic OH excluding ortho intramolecular Hbond substituents is 1. The van der Waals surface area contributed by atoms with E-state index in [0.29, 0.717) is 5.56 Å². The fourth-order valence-corrected chi connectivity index (χ4v) is 1.53. The summed E-state index contributed by atoms with van der Waals surface area (Å²) in [4.78, 5) is 23.1. The predicted octanol–water partition coefficient (Wildman–Crippen LogP) is 0.922. The minimum absolute atomic E-state index is 0.00349. The van der Waals surface area contributed by atoms with Crippen LogP contribution in [0.4, 0.5) is 0 Å². The summed E-state index contributed by atoms with van der Waals surface area (Å²) in [6.45, 7) is 1.65. The van der Waals surface area contributed by atoms with Gasteiger partial charge in [-0.15, -0.1) is 0 Å². The molecule has 0 saturated carbocycles. The summed E-state index contributed by atoms with van der Waals surface area (Å²) >= 11 is 0. The van der Waals surface area contributed by atoms with E-state index in [9.17, 15) is 14.7 Å². The lowest BCUT2D eigenvalue weighted by molar-refractivity contribution is 0.0983. The number of allylic oxidation sites excluding steroid dienone is 2. The van der Waals surface area contributed by atoms with Crippen molar-refractivity contribution < 1.29 is 14.7 Å². The summed E-state index contributed by atoms with van der Waals surface area (Å²) < 4.78 is 0.